The molecule has 0 radical (unpaired) electrons. The van der Waals surface area contributed by atoms with Crippen molar-refractivity contribution in [1.29, 1.82) is 0 Å². The van der Waals surface area contributed by atoms with Crippen LogP contribution in [0.5, 0.6) is 5.75 Å². The Labute approximate surface area is 128 Å². The number of benzene rings is 1. The summed E-state index contributed by atoms with van der Waals surface area (Å²) in [6, 6.07) is 3.89. The third kappa shape index (κ3) is 3.63. The molecular formula is C16H18FNO4. The Morgan fingerprint density at radius 2 is 2.14 bits per heavy atom. The molecule has 0 aliphatic rings. The van der Waals surface area contributed by atoms with Gasteiger partial charge < -0.3 is 14.0 Å². The van der Waals surface area contributed by atoms with Gasteiger partial charge in [0.25, 0.3) is 0 Å². The minimum absolute atomic E-state index is 0.0432. The number of carbonyl (C=O) groups excluding carboxylic acids is 1. The fraction of sp³-hybridized carbons (Fsp3) is 0.375. The average molecular weight is 307 g/mol. The standard InChI is InChI=1S/C16H18FNO4/c1-10-13(11(2)22-18-10)5-4-8-21-15-9-12(16(19)20-3)6-7-14(15)17/h6-7,9H,4-5,8H2,1-3H3. The van der Waals surface area contributed by atoms with Crippen LogP contribution < -0.4 is 4.74 Å². The summed E-state index contributed by atoms with van der Waals surface area (Å²) >= 11 is 0. The molecule has 5 nitrogen and oxygen atoms in total. The third-order valence-corrected chi connectivity index (χ3v) is 3.36. The van der Waals surface area contributed by atoms with Gasteiger partial charge in [-0.1, -0.05) is 5.16 Å². The highest BCUT2D eigenvalue weighted by atomic mass is 19.1. The first-order chi connectivity index (χ1) is 10.5. The van der Waals surface area contributed by atoms with Crippen molar-refractivity contribution in [2.45, 2.75) is 26.7 Å². The normalized spacial score (nSPS) is 10.5. The Morgan fingerprint density at radius 3 is 2.77 bits per heavy atom. The van der Waals surface area contributed by atoms with E-state index >= 15 is 0 Å². The highest BCUT2D eigenvalue weighted by Crippen LogP contribution is 2.20. The average Bonchev–Trinajstić information content (AvgIpc) is 2.83. The topological polar surface area (TPSA) is 61.6 Å². The van der Waals surface area contributed by atoms with E-state index in [0.717, 1.165) is 23.4 Å². The molecule has 1 aromatic carbocycles. The molecule has 2 aromatic rings. The summed E-state index contributed by atoms with van der Waals surface area (Å²) in [6.45, 7) is 4.06. The van der Waals surface area contributed by atoms with Gasteiger partial charge in [-0.05, 0) is 44.9 Å². The molecule has 0 amide bonds. The number of ether oxygens (including phenoxy) is 2. The Bertz CT molecular complexity index is 647. The lowest BCUT2D eigenvalue weighted by Crippen LogP contribution is -2.05. The van der Waals surface area contributed by atoms with Crippen LogP contribution in [0.1, 0.15) is 33.8 Å². The van der Waals surface area contributed by atoms with Crippen LogP contribution in [0.3, 0.4) is 0 Å². The van der Waals surface area contributed by atoms with Gasteiger partial charge in [0.15, 0.2) is 11.6 Å². The van der Waals surface area contributed by atoms with E-state index in [4.69, 9.17) is 9.26 Å². The molecule has 0 saturated heterocycles. The summed E-state index contributed by atoms with van der Waals surface area (Å²) in [5.41, 5.74) is 2.16. The van der Waals surface area contributed by atoms with Crippen LogP contribution in [0, 0.1) is 19.7 Å². The van der Waals surface area contributed by atoms with Crippen LogP contribution in [0.15, 0.2) is 22.7 Å². The second-order valence-corrected chi connectivity index (χ2v) is 4.89. The number of methoxy groups -OCH3 is 1. The number of aryl methyl sites for hydroxylation is 2. The quantitative estimate of drug-likeness (QED) is 0.605. The maximum atomic E-state index is 13.7. The highest BCUT2D eigenvalue weighted by molar-refractivity contribution is 5.89. The van der Waals surface area contributed by atoms with Crippen molar-refractivity contribution in [2.75, 3.05) is 13.7 Å². The van der Waals surface area contributed by atoms with E-state index in [1.807, 2.05) is 13.8 Å². The first-order valence-corrected chi connectivity index (χ1v) is 6.95. The first kappa shape index (κ1) is 16.0. The van der Waals surface area contributed by atoms with Gasteiger partial charge >= 0.3 is 5.97 Å². The fourth-order valence-electron chi connectivity index (χ4n) is 2.15. The summed E-state index contributed by atoms with van der Waals surface area (Å²) < 4.78 is 28.8. The predicted octanol–water partition coefficient (Wildman–Crippen LogP) is 3.23. The number of nitrogens with zero attached hydrogens (tertiary/aromatic N) is 1. The largest absolute Gasteiger partial charge is 0.490 e. The number of hydrogen-bond acceptors (Lipinski definition) is 5. The van der Waals surface area contributed by atoms with Gasteiger partial charge in [-0.15, -0.1) is 0 Å². The molecule has 118 valence electrons. The zero-order valence-electron chi connectivity index (χ0n) is 12.8. The molecule has 1 aromatic heterocycles. The highest BCUT2D eigenvalue weighted by Gasteiger charge is 2.12. The lowest BCUT2D eigenvalue weighted by Gasteiger charge is -2.08. The van der Waals surface area contributed by atoms with Crippen molar-refractivity contribution in [1.82, 2.24) is 5.16 Å². The molecule has 1 heterocycles. The van der Waals surface area contributed by atoms with E-state index in [1.165, 1.54) is 25.3 Å². The summed E-state index contributed by atoms with van der Waals surface area (Å²) in [5.74, 6) is -0.205. The van der Waals surface area contributed by atoms with Crippen molar-refractivity contribution < 1.29 is 23.2 Å². The summed E-state index contributed by atoms with van der Waals surface area (Å²) in [5, 5.41) is 3.88. The lowest BCUT2D eigenvalue weighted by molar-refractivity contribution is 0.0600. The Morgan fingerprint density at radius 1 is 1.36 bits per heavy atom. The van der Waals surface area contributed by atoms with E-state index in [9.17, 15) is 9.18 Å². The molecule has 0 unspecified atom stereocenters. The molecule has 0 spiro atoms. The smallest absolute Gasteiger partial charge is 0.337 e. The van der Waals surface area contributed by atoms with Crippen molar-refractivity contribution in [2.24, 2.45) is 0 Å². The van der Waals surface area contributed by atoms with Crippen LogP contribution in [0.2, 0.25) is 0 Å². The van der Waals surface area contributed by atoms with Gasteiger partial charge in [0, 0.05) is 5.56 Å². The molecule has 6 heteroatoms. The van der Waals surface area contributed by atoms with E-state index in [-0.39, 0.29) is 11.3 Å². The van der Waals surface area contributed by atoms with E-state index in [2.05, 4.69) is 9.89 Å². The lowest BCUT2D eigenvalue weighted by atomic mass is 10.1. The Balaban J connectivity index is 1.93. The maximum absolute atomic E-state index is 13.7. The molecule has 0 bridgehead atoms. The number of esters is 1. The van der Waals surface area contributed by atoms with Crippen molar-refractivity contribution in [3.05, 3.63) is 46.6 Å². The monoisotopic (exact) mass is 307 g/mol. The minimum atomic E-state index is -0.527. The van der Waals surface area contributed by atoms with Gasteiger partial charge in [-0.2, -0.15) is 0 Å². The SMILES string of the molecule is COC(=O)c1ccc(F)c(OCCCc2c(C)noc2C)c1. The zero-order valence-corrected chi connectivity index (χ0v) is 12.8. The summed E-state index contributed by atoms with van der Waals surface area (Å²) in [7, 11) is 1.27. The molecule has 0 aliphatic carbocycles. The molecule has 0 aliphatic heterocycles. The number of rotatable bonds is 6. The van der Waals surface area contributed by atoms with Crippen LogP contribution in [-0.4, -0.2) is 24.8 Å². The Kier molecular flexibility index (Phi) is 5.14. The fourth-order valence-corrected chi connectivity index (χ4v) is 2.15. The molecule has 0 saturated carbocycles. The van der Waals surface area contributed by atoms with Gasteiger partial charge in [-0.3, -0.25) is 0 Å². The van der Waals surface area contributed by atoms with Crippen LogP contribution in [-0.2, 0) is 11.2 Å². The van der Waals surface area contributed by atoms with Crippen LogP contribution in [0.4, 0.5) is 4.39 Å². The van der Waals surface area contributed by atoms with Crippen molar-refractivity contribution in [3.63, 3.8) is 0 Å². The Hall–Kier alpha value is -2.37. The zero-order chi connectivity index (χ0) is 16.1. The predicted molar refractivity (Wildman–Crippen MR) is 77.5 cm³/mol. The van der Waals surface area contributed by atoms with Crippen molar-refractivity contribution in [3.8, 4) is 5.75 Å². The number of aromatic nitrogens is 1. The number of hydrogen-bond donors (Lipinski definition) is 0. The van der Waals surface area contributed by atoms with Crippen molar-refractivity contribution >= 4 is 5.97 Å². The molecule has 0 N–H and O–H groups in total. The maximum Gasteiger partial charge on any atom is 0.337 e. The molecule has 0 fully saturated rings. The molecule has 0 atom stereocenters. The van der Waals surface area contributed by atoms with Crippen LogP contribution in [0.25, 0.3) is 0 Å². The third-order valence-electron chi connectivity index (χ3n) is 3.36. The minimum Gasteiger partial charge on any atom is -0.490 e. The second-order valence-electron chi connectivity index (χ2n) is 4.89. The number of carbonyl (C=O) groups is 1. The van der Waals surface area contributed by atoms with Crippen LogP contribution >= 0.6 is 0 Å². The van der Waals surface area contributed by atoms with E-state index < -0.39 is 11.8 Å². The van der Waals surface area contributed by atoms with Gasteiger partial charge in [0.05, 0.1) is 25.0 Å². The molecular weight excluding hydrogens is 289 g/mol. The summed E-state index contributed by atoms with van der Waals surface area (Å²) in [6.07, 6.45) is 1.42. The first-order valence-electron chi connectivity index (χ1n) is 6.95. The van der Waals surface area contributed by atoms with Gasteiger partial charge in [0.1, 0.15) is 5.76 Å². The van der Waals surface area contributed by atoms with Gasteiger partial charge in [-0.25, -0.2) is 9.18 Å². The summed E-state index contributed by atoms with van der Waals surface area (Å²) in [4.78, 5) is 11.4. The molecule has 22 heavy (non-hydrogen) atoms. The number of halogens is 1. The van der Waals surface area contributed by atoms with Gasteiger partial charge in [0.2, 0.25) is 0 Å². The van der Waals surface area contributed by atoms with E-state index in [0.29, 0.717) is 13.0 Å². The molecule has 2 rings (SSSR count). The second kappa shape index (κ2) is 7.06. The van der Waals surface area contributed by atoms with E-state index in [1.54, 1.807) is 0 Å².